The van der Waals surface area contributed by atoms with Gasteiger partial charge in [0.1, 0.15) is 11.6 Å². The van der Waals surface area contributed by atoms with Gasteiger partial charge in [-0.15, -0.1) is 0 Å². The van der Waals surface area contributed by atoms with Gasteiger partial charge in [0.15, 0.2) is 0 Å². The number of carbonyl (C=O) groups is 1. The molecule has 0 unspecified atom stereocenters. The third-order valence-corrected chi connectivity index (χ3v) is 8.40. The molecule has 0 radical (unpaired) electrons. The Labute approximate surface area is 241 Å². The summed E-state index contributed by atoms with van der Waals surface area (Å²) in [6, 6.07) is 22.9. The molecule has 6 nitrogen and oxygen atoms in total. The third-order valence-electron chi connectivity index (χ3n) is 8.17. The summed E-state index contributed by atoms with van der Waals surface area (Å²) in [5.41, 5.74) is 2.67. The second-order valence-electron chi connectivity index (χ2n) is 10.8. The maximum atomic E-state index is 14.4. The van der Waals surface area contributed by atoms with E-state index in [1.54, 1.807) is 13.2 Å². The van der Waals surface area contributed by atoms with Crippen LogP contribution < -0.4 is 15.0 Å². The van der Waals surface area contributed by atoms with Crippen molar-refractivity contribution in [1.82, 2.24) is 9.80 Å². The van der Waals surface area contributed by atoms with Crippen molar-refractivity contribution >= 4 is 28.9 Å². The Morgan fingerprint density at radius 2 is 1.77 bits per heavy atom. The monoisotopic (exact) mass is 564 g/mol. The first-order valence-electron chi connectivity index (χ1n) is 14.1. The Bertz CT molecular complexity index is 1270. The van der Waals surface area contributed by atoms with E-state index in [0.717, 1.165) is 75.1 Å². The van der Waals surface area contributed by atoms with Gasteiger partial charge in [0.05, 0.1) is 12.8 Å². The van der Waals surface area contributed by atoms with Crippen LogP contribution in [0.3, 0.4) is 0 Å². The molecular weight excluding hydrogens is 527 g/mol. The SMILES string of the molecule is COc1ccc(NC(=O)CC[C@H]2CN(Cc3cccc(Cl)c3)CC[C@H]2N2CCN(c3ccccc3F)CC2)cc1. The molecule has 2 fully saturated rings. The highest BCUT2D eigenvalue weighted by Crippen LogP contribution is 2.30. The zero-order chi connectivity index (χ0) is 27.9. The number of rotatable bonds is 9. The molecule has 212 valence electrons. The van der Waals surface area contributed by atoms with Crippen LogP contribution in [0.5, 0.6) is 5.75 Å². The first kappa shape index (κ1) is 28.4. The summed E-state index contributed by atoms with van der Waals surface area (Å²) in [6.07, 6.45) is 2.32. The molecule has 0 aliphatic carbocycles. The predicted octanol–water partition coefficient (Wildman–Crippen LogP) is 5.92. The van der Waals surface area contributed by atoms with Crippen LogP contribution >= 0.6 is 11.6 Å². The molecule has 3 aromatic carbocycles. The quantitative estimate of drug-likeness (QED) is 0.350. The number of amides is 1. The van der Waals surface area contributed by atoms with Gasteiger partial charge in [-0.1, -0.05) is 35.9 Å². The fraction of sp³-hybridized carbons (Fsp3) is 0.406. The van der Waals surface area contributed by atoms with Crippen LogP contribution in [-0.4, -0.2) is 68.1 Å². The van der Waals surface area contributed by atoms with Gasteiger partial charge in [0, 0.05) is 62.4 Å². The van der Waals surface area contributed by atoms with Crippen LogP contribution in [0.25, 0.3) is 0 Å². The number of likely N-dealkylation sites (tertiary alicyclic amines) is 1. The van der Waals surface area contributed by atoms with E-state index in [2.05, 4.69) is 26.1 Å². The lowest BCUT2D eigenvalue weighted by Gasteiger charge is -2.47. The number of anilines is 2. The van der Waals surface area contributed by atoms with E-state index in [0.29, 0.717) is 24.1 Å². The minimum atomic E-state index is -0.161. The Balaban J connectivity index is 1.22. The smallest absolute Gasteiger partial charge is 0.224 e. The van der Waals surface area contributed by atoms with Crippen LogP contribution in [-0.2, 0) is 11.3 Å². The van der Waals surface area contributed by atoms with E-state index >= 15 is 0 Å². The van der Waals surface area contributed by atoms with Crippen LogP contribution in [0.4, 0.5) is 15.8 Å². The molecule has 0 saturated carbocycles. The van der Waals surface area contributed by atoms with Crippen LogP contribution in [0, 0.1) is 11.7 Å². The molecule has 2 aliphatic rings. The number of nitrogens with zero attached hydrogens (tertiary/aromatic N) is 3. The average Bonchev–Trinajstić information content (AvgIpc) is 2.97. The van der Waals surface area contributed by atoms with Gasteiger partial charge in [-0.25, -0.2) is 4.39 Å². The van der Waals surface area contributed by atoms with E-state index in [-0.39, 0.29) is 11.7 Å². The van der Waals surface area contributed by atoms with E-state index in [9.17, 15) is 9.18 Å². The Morgan fingerprint density at radius 3 is 2.50 bits per heavy atom. The summed E-state index contributed by atoms with van der Waals surface area (Å²) >= 11 is 6.25. The summed E-state index contributed by atoms with van der Waals surface area (Å²) in [7, 11) is 1.63. The highest BCUT2D eigenvalue weighted by Gasteiger charge is 2.35. The molecule has 2 heterocycles. The number of piperazine rings is 1. The molecule has 8 heteroatoms. The third kappa shape index (κ3) is 7.33. The van der Waals surface area contributed by atoms with Crippen molar-refractivity contribution in [2.45, 2.75) is 31.8 Å². The molecule has 40 heavy (non-hydrogen) atoms. The minimum absolute atomic E-state index is 0.0280. The fourth-order valence-corrected chi connectivity index (χ4v) is 6.33. The number of para-hydroxylation sites is 1. The average molecular weight is 565 g/mol. The van der Waals surface area contributed by atoms with Gasteiger partial charge in [-0.2, -0.15) is 0 Å². The zero-order valence-corrected chi connectivity index (χ0v) is 23.8. The predicted molar refractivity (Wildman–Crippen MR) is 160 cm³/mol. The van der Waals surface area contributed by atoms with Crippen molar-refractivity contribution < 1.29 is 13.9 Å². The van der Waals surface area contributed by atoms with Gasteiger partial charge in [-0.3, -0.25) is 14.6 Å². The second kappa shape index (κ2) is 13.5. The maximum absolute atomic E-state index is 14.4. The summed E-state index contributed by atoms with van der Waals surface area (Å²) in [5, 5.41) is 3.79. The Hall–Kier alpha value is -3.13. The lowest BCUT2D eigenvalue weighted by atomic mass is 9.86. The van der Waals surface area contributed by atoms with Crippen LogP contribution in [0.2, 0.25) is 5.02 Å². The zero-order valence-electron chi connectivity index (χ0n) is 23.1. The molecule has 5 rings (SSSR count). The van der Waals surface area contributed by atoms with Gasteiger partial charge < -0.3 is 15.0 Å². The van der Waals surface area contributed by atoms with Crippen molar-refractivity contribution in [2.75, 3.05) is 56.6 Å². The molecule has 2 saturated heterocycles. The number of nitrogens with one attached hydrogen (secondary N) is 1. The number of halogens is 2. The number of methoxy groups -OCH3 is 1. The second-order valence-corrected chi connectivity index (χ2v) is 11.2. The standard InChI is InChI=1S/C32H38ClFN4O2/c1-40-28-12-10-27(11-13-28)35-32(39)14-9-25-23-36(22-24-5-4-6-26(33)21-24)16-15-30(25)37-17-19-38(20-18-37)31-8-3-2-7-29(31)34/h2-8,10-13,21,25,30H,9,14-20,22-23H2,1H3,(H,35,39)/t25-,30+/m0/s1. The van der Waals surface area contributed by atoms with E-state index in [4.69, 9.17) is 16.3 Å². The van der Waals surface area contributed by atoms with Crippen molar-refractivity contribution in [3.8, 4) is 5.75 Å². The highest BCUT2D eigenvalue weighted by atomic mass is 35.5. The topological polar surface area (TPSA) is 48.1 Å². The molecule has 0 aromatic heterocycles. The van der Waals surface area contributed by atoms with Crippen molar-refractivity contribution in [2.24, 2.45) is 5.92 Å². The van der Waals surface area contributed by atoms with Crippen LogP contribution in [0.1, 0.15) is 24.8 Å². The highest BCUT2D eigenvalue weighted by molar-refractivity contribution is 6.30. The molecule has 0 spiro atoms. The maximum Gasteiger partial charge on any atom is 0.224 e. The molecule has 2 atom stereocenters. The number of hydrogen-bond acceptors (Lipinski definition) is 5. The van der Waals surface area contributed by atoms with Crippen LogP contribution in [0.15, 0.2) is 72.8 Å². The lowest BCUT2D eigenvalue weighted by molar-refractivity contribution is -0.116. The number of carbonyl (C=O) groups excluding carboxylic acids is 1. The normalized spacial score (nSPS) is 20.3. The minimum Gasteiger partial charge on any atom is -0.497 e. The number of ether oxygens (including phenoxy) is 1. The van der Waals surface area contributed by atoms with E-state index in [1.165, 1.54) is 11.6 Å². The number of piperidine rings is 1. The molecule has 1 amide bonds. The van der Waals surface area contributed by atoms with Crippen molar-refractivity contribution in [1.29, 1.82) is 0 Å². The number of benzene rings is 3. The van der Waals surface area contributed by atoms with E-state index < -0.39 is 0 Å². The van der Waals surface area contributed by atoms with Crippen molar-refractivity contribution in [3.05, 3.63) is 89.2 Å². The first-order valence-corrected chi connectivity index (χ1v) is 14.5. The largest absolute Gasteiger partial charge is 0.497 e. The van der Waals surface area contributed by atoms with Crippen molar-refractivity contribution in [3.63, 3.8) is 0 Å². The van der Waals surface area contributed by atoms with Gasteiger partial charge >= 0.3 is 0 Å². The molecular formula is C32H38ClFN4O2. The summed E-state index contributed by atoms with van der Waals surface area (Å²) in [5.74, 6) is 0.985. The van der Waals surface area contributed by atoms with Gasteiger partial charge in [0.25, 0.3) is 0 Å². The number of hydrogen-bond donors (Lipinski definition) is 1. The molecule has 3 aromatic rings. The fourth-order valence-electron chi connectivity index (χ4n) is 6.11. The van der Waals surface area contributed by atoms with Gasteiger partial charge in [0.2, 0.25) is 5.91 Å². The Morgan fingerprint density at radius 1 is 1.00 bits per heavy atom. The van der Waals surface area contributed by atoms with E-state index in [1.807, 2.05) is 54.6 Å². The van der Waals surface area contributed by atoms with Gasteiger partial charge in [-0.05, 0) is 79.4 Å². The first-order chi connectivity index (χ1) is 19.5. The lowest BCUT2D eigenvalue weighted by Crippen LogP contribution is -2.56. The summed E-state index contributed by atoms with van der Waals surface area (Å²) in [4.78, 5) is 20.1. The molecule has 1 N–H and O–H groups in total. The molecule has 0 bridgehead atoms. The summed E-state index contributed by atoms with van der Waals surface area (Å²) in [6.45, 7) is 6.16. The summed E-state index contributed by atoms with van der Waals surface area (Å²) < 4.78 is 19.6. The Kier molecular flexibility index (Phi) is 9.57. The molecule has 2 aliphatic heterocycles.